The van der Waals surface area contributed by atoms with E-state index < -0.39 is 0 Å². The fourth-order valence-electron chi connectivity index (χ4n) is 1.85. The molecule has 0 aliphatic heterocycles. The third-order valence-corrected chi connectivity index (χ3v) is 2.33. The van der Waals surface area contributed by atoms with E-state index in [0.29, 0.717) is 0 Å². The van der Waals surface area contributed by atoms with Crippen LogP contribution in [0.3, 0.4) is 0 Å². The summed E-state index contributed by atoms with van der Waals surface area (Å²) in [7, 11) is 0. The van der Waals surface area contributed by atoms with Crippen LogP contribution in [0.25, 0.3) is 0 Å². The number of carbonyl (C=O) groups excluding carboxylic acids is 2. The average Bonchev–Trinajstić information content (AvgIpc) is 2.14. The van der Waals surface area contributed by atoms with Crippen LogP contribution in [0.5, 0.6) is 0 Å². The Kier molecular flexibility index (Phi) is 7.64. The van der Waals surface area contributed by atoms with Crippen molar-refractivity contribution in [2.45, 2.75) is 78.4 Å². The largest absolute Gasteiger partial charge is 0.463 e. The molecule has 106 valence electrons. The summed E-state index contributed by atoms with van der Waals surface area (Å²) in [4.78, 5) is 20.7. The molecule has 4 nitrogen and oxygen atoms in total. The highest BCUT2D eigenvalue weighted by molar-refractivity contribution is 5.66. The van der Waals surface area contributed by atoms with Crippen LogP contribution in [0, 0.1) is 0 Å². The number of ether oxygens (including phenoxy) is 2. The lowest BCUT2D eigenvalue weighted by Crippen LogP contribution is -2.21. The fraction of sp³-hybridized carbons (Fsp3) is 0.857. The molecular weight excluding hydrogens is 232 g/mol. The zero-order valence-electron chi connectivity index (χ0n) is 12.2. The minimum atomic E-state index is -0.328. The van der Waals surface area contributed by atoms with Gasteiger partial charge in [0, 0.05) is 13.8 Å². The van der Waals surface area contributed by atoms with Gasteiger partial charge in [-0.15, -0.1) is 0 Å². The summed E-state index contributed by atoms with van der Waals surface area (Å²) in [6.45, 7) is 8.41. The van der Waals surface area contributed by atoms with Gasteiger partial charge in [0.05, 0.1) is 0 Å². The molecule has 0 amide bonds. The summed E-state index contributed by atoms with van der Waals surface area (Å²) in [5.41, 5.74) is -0.328. The third kappa shape index (κ3) is 11.4. The van der Waals surface area contributed by atoms with Gasteiger partial charge in [-0.2, -0.15) is 0 Å². The van der Waals surface area contributed by atoms with Crippen LogP contribution < -0.4 is 0 Å². The minimum absolute atomic E-state index is 0.132. The van der Waals surface area contributed by atoms with Gasteiger partial charge >= 0.3 is 11.9 Å². The molecule has 1 aliphatic rings. The van der Waals surface area contributed by atoms with E-state index in [9.17, 15) is 9.59 Å². The van der Waals surface area contributed by atoms with Gasteiger partial charge in [-0.1, -0.05) is 6.42 Å². The third-order valence-electron chi connectivity index (χ3n) is 2.33. The summed E-state index contributed by atoms with van der Waals surface area (Å²) < 4.78 is 9.85. The Labute approximate surface area is 110 Å². The highest BCUT2D eigenvalue weighted by atomic mass is 16.6. The SMILES string of the molecule is CC(=O)OC(C)(C)C.CC(=O)OC1CCCCC1. The van der Waals surface area contributed by atoms with Crippen molar-refractivity contribution in [3.05, 3.63) is 0 Å². The lowest BCUT2D eigenvalue weighted by Gasteiger charge is -2.20. The van der Waals surface area contributed by atoms with Gasteiger partial charge in [-0.25, -0.2) is 0 Å². The van der Waals surface area contributed by atoms with Crippen molar-refractivity contribution in [1.29, 1.82) is 0 Å². The number of esters is 2. The lowest BCUT2D eigenvalue weighted by molar-refractivity contribution is -0.152. The molecule has 0 atom stereocenters. The molecular formula is C14H26O4. The predicted molar refractivity (Wildman–Crippen MR) is 70.2 cm³/mol. The Balaban J connectivity index is 0.000000331. The van der Waals surface area contributed by atoms with Crippen molar-refractivity contribution in [2.75, 3.05) is 0 Å². The van der Waals surface area contributed by atoms with Crippen LogP contribution >= 0.6 is 0 Å². The van der Waals surface area contributed by atoms with Crippen molar-refractivity contribution in [3.8, 4) is 0 Å². The first-order valence-corrected chi connectivity index (χ1v) is 6.57. The molecule has 0 aromatic rings. The monoisotopic (exact) mass is 258 g/mol. The lowest BCUT2D eigenvalue weighted by atomic mass is 9.98. The Bertz CT molecular complexity index is 259. The normalized spacial score (nSPS) is 16.3. The highest BCUT2D eigenvalue weighted by Gasteiger charge is 2.15. The summed E-state index contributed by atoms with van der Waals surface area (Å²) in [6.07, 6.45) is 6.11. The Hall–Kier alpha value is -1.06. The predicted octanol–water partition coefficient (Wildman–Crippen LogP) is 3.23. The molecule has 18 heavy (non-hydrogen) atoms. The molecule has 0 radical (unpaired) electrons. The molecule has 0 aromatic carbocycles. The van der Waals surface area contributed by atoms with E-state index in [1.54, 1.807) is 0 Å². The molecule has 0 bridgehead atoms. The van der Waals surface area contributed by atoms with E-state index in [1.807, 2.05) is 20.8 Å². The van der Waals surface area contributed by atoms with Gasteiger partial charge in [0.1, 0.15) is 11.7 Å². The van der Waals surface area contributed by atoms with Crippen molar-refractivity contribution < 1.29 is 19.1 Å². The van der Waals surface area contributed by atoms with E-state index in [4.69, 9.17) is 9.47 Å². The van der Waals surface area contributed by atoms with Crippen LogP contribution in [0.15, 0.2) is 0 Å². The van der Waals surface area contributed by atoms with Gasteiger partial charge in [0.25, 0.3) is 0 Å². The summed E-state index contributed by atoms with van der Waals surface area (Å²) in [6, 6.07) is 0. The maximum Gasteiger partial charge on any atom is 0.303 e. The topological polar surface area (TPSA) is 52.6 Å². The van der Waals surface area contributed by atoms with Crippen LogP contribution in [0.1, 0.15) is 66.7 Å². The molecule has 0 saturated heterocycles. The molecule has 0 N–H and O–H groups in total. The molecule has 0 heterocycles. The first-order valence-electron chi connectivity index (χ1n) is 6.57. The maximum absolute atomic E-state index is 10.5. The van der Waals surface area contributed by atoms with Crippen LogP contribution in [-0.2, 0) is 19.1 Å². The zero-order chi connectivity index (χ0) is 14.2. The maximum atomic E-state index is 10.5. The van der Waals surface area contributed by atoms with Gasteiger partial charge in [0.15, 0.2) is 0 Å². The van der Waals surface area contributed by atoms with Crippen molar-refractivity contribution in [3.63, 3.8) is 0 Å². The Morgan fingerprint density at radius 3 is 1.72 bits per heavy atom. The van der Waals surface area contributed by atoms with Crippen LogP contribution in [-0.4, -0.2) is 23.6 Å². The second-order valence-electron chi connectivity index (χ2n) is 5.58. The quantitative estimate of drug-likeness (QED) is 0.678. The Morgan fingerprint density at radius 1 is 0.944 bits per heavy atom. The highest BCUT2D eigenvalue weighted by Crippen LogP contribution is 2.19. The fourth-order valence-corrected chi connectivity index (χ4v) is 1.85. The number of carbonyl (C=O) groups is 2. The Morgan fingerprint density at radius 2 is 1.44 bits per heavy atom. The second kappa shape index (κ2) is 8.11. The van der Waals surface area contributed by atoms with E-state index in [0.717, 1.165) is 12.8 Å². The van der Waals surface area contributed by atoms with Gasteiger partial charge < -0.3 is 9.47 Å². The van der Waals surface area contributed by atoms with Crippen LogP contribution in [0.4, 0.5) is 0 Å². The van der Waals surface area contributed by atoms with Crippen molar-refractivity contribution >= 4 is 11.9 Å². The second-order valence-corrected chi connectivity index (χ2v) is 5.58. The summed E-state index contributed by atoms with van der Waals surface area (Å²) >= 11 is 0. The van der Waals surface area contributed by atoms with E-state index >= 15 is 0 Å². The number of hydrogen-bond donors (Lipinski definition) is 0. The van der Waals surface area contributed by atoms with Gasteiger partial charge in [0.2, 0.25) is 0 Å². The van der Waals surface area contributed by atoms with Gasteiger partial charge in [-0.3, -0.25) is 9.59 Å². The first-order chi connectivity index (χ1) is 8.20. The van der Waals surface area contributed by atoms with Gasteiger partial charge in [-0.05, 0) is 46.5 Å². The van der Waals surface area contributed by atoms with Crippen molar-refractivity contribution in [2.24, 2.45) is 0 Å². The number of rotatable bonds is 1. The zero-order valence-corrected chi connectivity index (χ0v) is 12.2. The standard InChI is InChI=1S/C8H14O2.C6H12O2/c1-7(9)10-8-5-3-2-4-6-8;1-5(7)8-6(2,3)4/h8H,2-6H2,1H3;1-4H3. The molecule has 4 heteroatoms. The first kappa shape index (κ1) is 16.9. The smallest absolute Gasteiger partial charge is 0.303 e. The minimum Gasteiger partial charge on any atom is -0.463 e. The molecule has 0 unspecified atom stereocenters. The molecule has 1 fully saturated rings. The summed E-state index contributed by atoms with van der Waals surface area (Å²) in [5.74, 6) is -0.357. The molecule has 1 rings (SSSR count). The molecule has 0 spiro atoms. The van der Waals surface area contributed by atoms with Crippen LogP contribution in [0.2, 0.25) is 0 Å². The van der Waals surface area contributed by atoms with Crippen molar-refractivity contribution in [1.82, 2.24) is 0 Å². The molecule has 1 aliphatic carbocycles. The average molecular weight is 258 g/mol. The van der Waals surface area contributed by atoms with E-state index in [2.05, 4.69) is 0 Å². The molecule has 1 saturated carbocycles. The van der Waals surface area contributed by atoms with E-state index in [-0.39, 0.29) is 23.6 Å². The molecule has 0 aromatic heterocycles. The number of hydrogen-bond acceptors (Lipinski definition) is 4. The summed E-state index contributed by atoms with van der Waals surface area (Å²) in [5, 5.41) is 0. The van der Waals surface area contributed by atoms with E-state index in [1.165, 1.54) is 33.1 Å².